The Labute approximate surface area is 229 Å². The highest BCUT2D eigenvalue weighted by molar-refractivity contribution is 6.10. The van der Waals surface area contributed by atoms with Gasteiger partial charge in [-0.15, -0.1) is 0 Å². The molecule has 0 unspecified atom stereocenters. The summed E-state index contributed by atoms with van der Waals surface area (Å²) in [6.07, 6.45) is 1.98. The fourth-order valence-corrected chi connectivity index (χ4v) is 4.03. The van der Waals surface area contributed by atoms with Gasteiger partial charge >= 0.3 is 0 Å². The standard InChI is InChI=1S/C30H26F2N4O4/c1-19-6-3-4-9-25(19)29(30(39)33-18-21-10-12-22(31)13-11-21)36(24-8-5-7-23(32)17-24)28(38)15-14-27(37)34-26-16-20(2)40-35-26/h3-17,29H,18H2,1-2H3,(H,33,39)(H,34,35,37)/b15-14+/t29-/m0/s1. The minimum absolute atomic E-state index is 0.0576. The zero-order valence-electron chi connectivity index (χ0n) is 21.7. The molecule has 4 aromatic rings. The van der Waals surface area contributed by atoms with Crippen LogP contribution >= 0.6 is 0 Å². The molecule has 1 atom stereocenters. The molecule has 0 saturated carbocycles. The summed E-state index contributed by atoms with van der Waals surface area (Å²) < 4.78 is 32.6. The Bertz CT molecular complexity index is 1550. The summed E-state index contributed by atoms with van der Waals surface area (Å²) in [5, 5.41) is 8.94. The quantitative estimate of drug-likeness (QED) is 0.284. The Morgan fingerprint density at radius 2 is 1.68 bits per heavy atom. The second-order valence-electron chi connectivity index (χ2n) is 8.94. The SMILES string of the molecule is Cc1cc(NC(=O)/C=C/C(=O)N(c2cccc(F)c2)[C@H](C(=O)NCc2ccc(F)cc2)c2ccccc2C)no1. The van der Waals surface area contributed by atoms with E-state index in [0.717, 1.165) is 23.1 Å². The van der Waals surface area contributed by atoms with E-state index in [2.05, 4.69) is 15.8 Å². The van der Waals surface area contributed by atoms with E-state index >= 15 is 0 Å². The summed E-state index contributed by atoms with van der Waals surface area (Å²) in [7, 11) is 0. The molecule has 1 aromatic heterocycles. The molecule has 0 fully saturated rings. The maximum atomic E-state index is 14.3. The number of hydrogen-bond acceptors (Lipinski definition) is 5. The van der Waals surface area contributed by atoms with E-state index in [0.29, 0.717) is 22.5 Å². The predicted octanol–water partition coefficient (Wildman–Crippen LogP) is 5.16. The van der Waals surface area contributed by atoms with Gasteiger partial charge < -0.3 is 15.2 Å². The van der Waals surface area contributed by atoms with Crippen LogP contribution in [0.15, 0.2) is 95.5 Å². The molecule has 2 N–H and O–H groups in total. The van der Waals surface area contributed by atoms with Crippen LogP contribution in [0.2, 0.25) is 0 Å². The van der Waals surface area contributed by atoms with E-state index in [1.807, 2.05) is 0 Å². The van der Waals surface area contributed by atoms with Crippen LogP contribution in [0.5, 0.6) is 0 Å². The van der Waals surface area contributed by atoms with Crippen molar-refractivity contribution in [3.05, 3.63) is 125 Å². The number of aromatic nitrogens is 1. The van der Waals surface area contributed by atoms with Gasteiger partial charge in [0.2, 0.25) is 11.8 Å². The van der Waals surface area contributed by atoms with Crippen molar-refractivity contribution in [2.75, 3.05) is 10.2 Å². The fourth-order valence-electron chi connectivity index (χ4n) is 4.03. The van der Waals surface area contributed by atoms with Gasteiger partial charge in [0.05, 0.1) is 0 Å². The van der Waals surface area contributed by atoms with E-state index in [-0.39, 0.29) is 18.1 Å². The molecule has 3 aromatic carbocycles. The fraction of sp³-hybridized carbons (Fsp3) is 0.133. The Morgan fingerprint density at radius 1 is 0.925 bits per heavy atom. The van der Waals surface area contributed by atoms with Crippen molar-refractivity contribution in [1.82, 2.24) is 10.5 Å². The zero-order chi connectivity index (χ0) is 28.6. The number of anilines is 2. The third-order valence-corrected chi connectivity index (χ3v) is 5.95. The summed E-state index contributed by atoms with van der Waals surface area (Å²) in [4.78, 5) is 40.9. The van der Waals surface area contributed by atoms with E-state index in [1.165, 1.54) is 48.5 Å². The van der Waals surface area contributed by atoms with Crippen LogP contribution in [-0.4, -0.2) is 22.9 Å². The molecule has 204 valence electrons. The summed E-state index contributed by atoms with van der Waals surface area (Å²) >= 11 is 0. The number of hydrogen-bond donors (Lipinski definition) is 2. The number of carbonyl (C=O) groups excluding carboxylic acids is 3. The van der Waals surface area contributed by atoms with Crippen molar-refractivity contribution in [3.8, 4) is 0 Å². The van der Waals surface area contributed by atoms with Gasteiger partial charge in [-0.3, -0.25) is 19.3 Å². The number of benzene rings is 3. The number of amides is 3. The molecule has 4 rings (SSSR count). The highest BCUT2D eigenvalue weighted by Crippen LogP contribution is 2.31. The van der Waals surface area contributed by atoms with Crippen molar-refractivity contribution in [2.24, 2.45) is 0 Å². The summed E-state index contributed by atoms with van der Waals surface area (Å²) in [6.45, 7) is 3.50. The first-order chi connectivity index (χ1) is 19.2. The molecule has 0 saturated heterocycles. The van der Waals surface area contributed by atoms with Crippen LogP contribution in [0.3, 0.4) is 0 Å². The molecule has 8 nitrogen and oxygen atoms in total. The molecule has 0 bridgehead atoms. The molecule has 0 spiro atoms. The second-order valence-corrected chi connectivity index (χ2v) is 8.94. The highest BCUT2D eigenvalue weighted by Gasteiger charge is 2.33. The van der Waals surface area contributed by atoms with Gasteiger partial charge in [-0.25, -0.2) is 8.78 Å². The second kappa shape index (κ2) is 12.6. The summed E-state index contributed by atoms with van der Waals surface area (Å²) in [5.74, 6) is -2.35. The molecule has 1 heterocycles. The molecule has 0 radical (unpaired) electrons. The maximum absolute atomic E-state index is 14.3. The third-order valence-electron chi connectivity index (χ3n) is 5.95. The average molecular weight is 545 g/mol. The molecule has 40 heavy (non-hydrogen) atoms. The predicted molar refractivity (Wildman–Crippen MR) is 145 cm³/mol. The van der Waals surface area contributed by atoms with Gasteiger partial charge in [-0.2, -0.15) is 0 Å². The lowest BCUT2D eigenvalue weighted by atomic mass is 9.98. The number of aryl methyl sites for hydroxylation is 2. The highest BCUT2D eigenvalue weighted by atomic mass is 19.1. The Hall–Kier alpha value is -5.12. The minimum Gasteiger partial charge on any atom is -0.360 e. The minimum atomic E-state index is -1.23. The van der Waals surface area contributed by atoms with Gasteiger partial charge in [0.1, 0.15) is 23.4 Å². The molecular formula is C30H26F2N4O4. The van der Waals surface area contributed by atoms with Crippen LogP contribution in [0.25, 0.3) is 0 Å². The first-order valence-electron chi connectivity index (χ1n) is 12.3. The smallest absolute Gasteiger partial charge is 0.252 e. The first-order valence-corrected chi connectivity index (χ1v) is 12.3. The molecule has 0 aliphatic heterocycles. The van der Waals surface area contributed by atoms with Gasteiger partial charge in [-0.1, -0.05) is 47.6 Å². The number of nitrogens with one attached hydrogen (secondary N) is 2. The van der Waals surface area contributed by atoms with Gasteiger partial charge in [0, 0.05) is 30.5 Å². The number of rotatable bonds is 9. The van der Waals surface area contributed by atoms with E-state index in [9.17, 15) is 23.2 Å². The Morgan fingerprint density at radius 3 is 2.35 bits per heavy atom. The lowest BCUT2D eigenvalue weighted by Crippen LogP contribution is -2.43. The van der Waals surface area contributed by atoms with E-state index in [1.54, 1.807) is 38.1 Å². The largest absolute Gasteiger partial charge is 0.360 e. The Kier molecular flexibility index (Phi) is 8.80. The van der Waals surface area contributed by atoms with Crippen LogP contribution in [-0.2, 0) is 20.9 Å². The van der Waals surface area contributed by atoms with E-state index in [4.69, 9.17) is 4.52 Å². The van der Waals surface area contributed by atoms with Crippen LogP contribution in [0, 0.1) is 25.5 Å². The van der Waals surface area contributed by atoms with Gasteiger partial charge in [-0.05, 0) is 60.9 Å². The normalized spacial score (nSPS) is 11.7. The molecule has 10 heteroatoms. The van der Waals surface area contributed by atoms with Crippen molar-refractivity contribution < 1.29 is 27.7 Å². The van der Waals surface area contributed by atoms with Crippen molar-refractivity contribution in [2.45, 2.75) is 26.4 Å². The summed E-state index contributed by atoms with van der Waals surface area (Å²) in [6, 6.07) is 18.1. The number of halogens is 2. The van der Waals surface area contributed by atoms with E-state index < -0.39 is 35.4 Å². The number of carbonyl (C=O) groups is 3. The molecule has 0 aliphatic rings. The lowest BCUT2D eigenvalue weighted by molar-refractivity contribution is -0.125. The topological polar surface area (TPSA) is 105 Å². The lowest BCUT2D eigenvalue weighted by Gasteiger charge is -2.31. The molecular weight excluding hydrogens is 518 g/mol. The molecule has 0 aliphatic carbocycles. The maximum Gasteiger partial charge on any atom is 0.252 e. The van der Waals surface area contributed by atoms with Crippen molar-refractivity contribution >= 4 is 29.2 Å². The van der Waals surface area contributed by atoms with Crippen LogP contribution in [0.1, 0.15) is 28.5 Å². The first kappa shape index (κ1) is 27.9. The monoisotopic (exact) mass is 544 g/mol. The zero-order valence-corrected chi connectivity index (χ0v) is 21.7. The molecule has 3 amide bonds. The van der Waals surface area contributed by atoms with Gasteiger partial charge in [0.25, 0.3) is 5.91 Å². The van der Waals surface area contributed by atoms with Crippen molar-refractivity contribution in [1.29, 1.82) is 0 Å². The van der Waals surface area contributed by atoms with Crippen LogP contribution in [0.4, 0.5) is 20.3 Å². The van der Waals surface area contributed by atoms with Gasteiger partial charge in [0.15, 0.2) is 5.82 Å². The third kappa shape index (κ3) is 7.04. The summed E-state index contributed by atoms with van der Waals surface area (Å²) in [5.41, 5.74) is 1.95. The van der Waals surface area contributed by atoms with Crippen LogP contribution < -0.4 is 15.5 Å². The van der Waals surface area contributed by atoms with Crippen molar-refractivity contribution in [3.63, 3.8) is 0 Å². The Balaban J connectivity index is 1.69. The number of nitrogens with zero attached hydrogens (tertiary/aromatic N) is 2. The average Bonchev–Trinajstić information content (AvgIpc) is 3.34.